The molecule has 8 nitrogen and oxygen atoms in total. The van der Waals surface area contributed by atoms with Crippen molar-refractivity contribution in [3.63, 3.8) is 0 Å². The number of aryl methyl sites for hydroxylation is 3. The average molecular weight is 501 g/mol. The van der Waals surface area contributed by atoms with E-state index in [-0.39, 0.29) is 11.4 Å². The van der Waals surface area contributed by atoms with E-state index in [1.54, 1.807) is 36.9 Å². The van der Waals surface area contributed by atoms with Crippen molar-refractivity contribution in [2.24, 2.45) is 0 Å². The summed E-state index contributed by atoms with van der Waals surface area (Å²) in [7, 11) is 0. The highest BCUT2D eigenvalue weighted by Gasteiger charge is 2.26. The van der Waals surface area contributed by atoms with Crippen LogP contribution in [0.2, 0.25) is 0 Å². The predicted molar refractivity (Wildman–Crippen MR) is 139 cm³/mol. The van der Waals surface area contributed by atoms with Crippen LogP contribution in [0.25, 0.3) is 17.1 Å². The van der Waals surface area contributed by atoms with Crippen LogP contribution in [0.3, 0.4) is 0 Å². The molecule has 0 atom stereocenters. The maximum Gasteiger partial charge on any atom is 0.260 e. The van der Waals surface area contributed by atoms with Crippen LogP contribution in [-0.4, -0.2) is 36.2 Å². The van der Waals surface area contributed by atoms with E-state index in [0.29, 0.717) is 36.7 Å². The van der Waals surface area contributed by atoms with E-state index in [9.17, 15) is 14.3 Å². The minimum absolute atomic E-state index is 0.0681. The lowest BCUT2D eigenvalue weighted by molar-refractivity contribution is 0.0688. The molecule has 0 saturated heterocycles. The molecule has 9 heteroatoms. The highest BCUT2D eigenvalue weighted by molar-refractivity contribution is 5.62. The lowest BCUT2D eigenvalue weighted by Gasteiger charge is -2.22. The summed E-state index contributed by atoms with van der Waals surface area (Å²) in [5.74, 6) is -0.0575. The fourth-order valence-corrected chi connectivity index (χ4v) is 4.71. The number of aromatic nitrogens is 5. The van der Waals surface area contributed by atoms with Crippen molar-refractivity contribution in [2.45, 2.75) is 53.2 Å². The minimum atomic E-state index is -1.19. The first-order valence-electron chi connectivity index (χ1n) is 12.2. The van der Waals surface area contributed by atoms with E-state index in [4.69, 9.17) is 0 Å². The molecule has 1 N–H and O–H groups in total. The van der Waals surface area contributed by atoms with Gasteiger partial charge >= 0.3 is 0 Å². The number of aliphatic hydroxyl groups is 1. The largest absolute Gasteiger partial charge is 0.382 e. The van der Waals surface area contributed by atoms with Gasteiger partial charge in [0.1, 0.15) is 11.4 Å². The third kappa shape index (κ3) is 4.62. The first kappa shape index (κ1) is 24.7. The van der Waals surface area contributed by atoms with E-state index in [2.05, 4.69) is 24.8 Å². The summed E-state index contributed by atoms with van der Waals surface area (Å²) in [5.41, 5.74) is 5.48. The molecular formula is C28H29FN6O2. The van der Waals surface area contributed by atoms with Gasteiger partial charge in [-0.15, -0.1) is 0 Å². The standard InChI is InChI=1S/C28H29FN6O2/c1-16-10-19(29)14-32-23(16)15-34-9-7-20-25(34)11-18(3)35(26(20)36)24-12-22(31-13-17(24)2)21-6-8-30-27(33-21)28(4,5)37/h6,8,10-14,37H,7,9,15H2,1-5H3. The molecule has 4 aromatic heterocycles. The molecule has 0 fully saturated rings. The molecule has 0 unspecified atom stereocenters. The van der Waals surface area contributed by atoms with Gasteiger partial charge in [0.05, 0.1) is 35.5 Å². The van der Waals surface area contributed by atoms with Gasteiger partial charge in [0.15, 0.2) is 5.82 Å². The van der Waals surface area contributed by atoms with Gasteiger partial charge in [0, 0.05) is 35.9 Å². The van der Waals surface area contributed by atoms with Crippen molar-refractivity contribution in [1.82, 2.24) is 24.5 Å². The number of hydrogen-bond donors (Lipinski definition) is 1. The Hall–Kier alpha value is -3.98. The van der Waals surface area contributed by atoms with Gasteiger partial charge in [0.25, 0.3) is 5.56 Å². The second-order valence-electron chi connectivity index (χ2n) is 10.1. The van der Waals surface area contributed by atoms with Gasteiger partial charge in [0.2, 0.25) is 0 Å². The first-order valence-corrected chi connectivity index (χ1v) is 12.2. The molecule has 0 saturated carbocycles. The number of pyridine rings is 3. The molecular weight excluding hydrogens is 471 g/mol. The lowest BCUT2D eigenvalue weighted by Crippen LogP contribution is -2.25. The zero-order chi connectivity index (χ0) is 26.5. The summed E-state index contributed by atoms with van der Waals surface area (Å²) in [4.78, 5) is 33.4. The Kier molecular flexibility index (Phi) is 6.11. The zero-order valence-electron chi connectivity index (χ0n) is 21.6. The Balaban J connectivity index is 1.55. The third-order valence-corrected chi connectivity index (χ3v) is 6.72. The summed E-state index contributed by atoms with van der Waals surface area (Å²) in [6, 6.07) is 7.09. The lowest BCUT2D eigenvalue weighted by atomic mass is 10.1. The predicted octanol–water partition coefficient (Wildman–Crippen LogP) is 3.94. The van der Waals surface area contributed by atoms with Gasteiger partial charge in [-0.3, -0.25) is 19.3 Å². The molecule has 5 heterocycles. The minimum Gasteiger partial charge on any atom is -0.382 e. The summed E-state index contributed by atoms with van der Waals surface area (Å²) in [6.07, 6.45) is 5.17. The molecule has 0 radical (unpaired) electrons. The molecule has 1 aliphatic heterocycles. The van der Waals surface area contributed by atoms with E-state index in [1.807, 2.05) is 32.9 Å². The van der Waals surface area contributed by atoms with Crippen LogP contribution in [0.1, 0.15) is 47.8 Å². The van der Waals surface area contributed by atoms with E-state index >= 15 is 0 Å². The summed E-state index contributed by atoms with van der Waals surface area (Å²) in [5, 5.41) is 10.3. The van der Waals surface area contributed by atoms with E-state index in [0.717, 1.165) is 39.5 Å². The Morgan fingerprint density at radius 2 is 1.78 bits per heavy atom. The van der Waals surface area contributed by atoms with Crippen LogP contribution in [0.15, 0.2) is 47.7 Å². The molecule has 37 heavy (non-hydrogen) atoms. The smallest absolute Gasteiger partial charge is 0.260 e. The Morgan fingerprint density at radius 3 is 2.51 bits per heavy atom. The highest BCUT2D eigenvalue weighted by Crippen LogP contribution is 2.30. The number of fused-ring (bicyclic) bond motifs is 1. The van der Waals surface area contributed by atoms with E-state index < -0.39 is 5.60 Å². The quantitative estimate of drug-likeness (QED) is 0.443. The van der Waals surface area contributed by atoms with Crippen LogP contribution < -0.4 is 10.5 Å². The van der Waals surface area contributed by atoms with Crippen LogP contribution in [0.4, 0.5) is 10.1 Å². The fourth-order valence-electron chi connectivity index (χ4n) is 4.71. The van der Waals surface area contributed by atoms with Crippen molar-refractivity contribution in [3.05, 3.63) is 92.9 Å². The third-order valence-electron chi connectivity index (χ3n) is 6.72. The number of nitrogens with zero attached hydrogens (tertiary/aromatic N) is 6. The summed E-state index contributed by atoms with van der Waals surface area (Å²) >= 11 is 0. The molecule has 5 rings (SSSR count). The van der Waals surface area contributed by atoms with Gasteiger partial charge < -0.3 is 10.0 Å². The highest BCUT2D eigenvalue weighted by atomic mass is 19.1. The molecule has 1 aliphatic rings. The second-order valence-corrected chi connectivity index (χ2v) is 10.1. The van der Waals surface area contributed by atoms with E-state index in [1.165, 1.54) is 12.3 Å². The van der Waals surface area contributed by atoms with Crippen molar-refractivity contribution in [3.8, 4) is 17.1 Å². The van der Waals surface area contributed by atoms with Gasteiger partial charge in [-0.05, 0) is 76.4 Å². The van der Waals surface area contributed by atoms with Crippen LogP contribution >= 0.6 is 0 Å². The number of anilines is 1. The molecule has 0 aromatic carbocycles. The topological polar surface area (TPSA) is 97.0 Å². The molecule has 190 valence electrons. The van der Waals surface area contributed by atoms with Crippen molar-refractivity contribution in [2.75, 3.05) is 11.4 Å². The zero-order valence-corrected chi connectivity index (χ0v) is 21.6. The van der Waals surface area contributed by atoms with Crippen molar-refractivity contribution in [1.29, 1.82) is 0 Å². The Morgan fingerprint density at radius 1 is 1.00 bits per heavy atom. The normalized spacial score (nSPS) is 13.2. The number of rotatable bonds is 5. The van der Waals surface area contributed by atoms with Gasteiger partial charge in [-0.2, -0.15) is 0 Å². The van der Waals surface area contributed by atoms with Crippen molar-refractivity contribution >= 4 is 5.69 Å². The van der Waals surface area contributed by atoms with Crippen LogP contribution in [0.5, 0.6) is 0 Å². The maximum atomic E-state index is 13.8. The summed E-state index contributed by atoms with van der Waals surface area (Å²) in [6.45, 7) is 10.1. The van der Waals surface area contributed by atoms with Crippen LogP contribution in [-0.2, 0) is 18.6 Å². The molecule has 0 amide bonds. The Labute approximate surface area is 214 Å². The van der Waals surface area contributed by atoms with Gasteiger partial charge in [-0.25, -0.2) is 14.4 Å². The van der Waals surface area contributed by atoms with Gasteiger partial charge in [-0.1, -0.05) is 0 Å². The maximum absolute atomic E-state index is 13.8. The average Bonchev–Trinajstić information content (AvgIpc) is 3.24. The first-order chi connectivity index (χ1) is 17.5. The molecule has 0 spiro atoms. The second kappa shape index (κ2) is 9.15. The number of halogens is 1. The monoisotopic (exact) mass is 500 g/mol. The molecule has 0 bridgehead atoms. The molecule has 0 aliphatic carbocycles. The molecule has 4 aromatic rings. The van der Waals surface area contributed by atoms with Crippen LogP contribution in [0, 0.1) is 26.6 Å². The van der Waals surface area contributed by atoms with Crippen molar-refractivity contribution < 1.29 is 9.50 Å². The number of hydrogen-bond acceptors (Lipinski definition) is 7. The fraction of sp³-hybridized carbons (Fsp3) is 0.321. The summed E-state index contributed by atoms with van der Waals surface area (Å²) < 4.78 is 15.2. The Bertz CT molecular complexity index is 1570. The SMILES string of the molecule is Cc1cnc(-c2ccnc(C(C)(C)O)n2)cc1-n1c(C)cc2c(c1=O)CCN2Cc1ncc(F)cc1C.